The second-order valence-corrected chi connectivity index (χ2v) is 3.73. The first-order valence-electron chi connectivity index (χ1n) is 4.64. The standard InChI is InChI=1S/C10H14N2O2/c11-9-5-7(13)1-2-8(9)10(14)3-4-12-6-10/h1-2,5,12-14H,3-4,6,11H2. The molecule has 1 aromatic carbocycles. The minimum absolute atomic E-state index is 0.126. The quantitative estimate of drug-likeness (QED) is 0.480. The van der Waals surface area contributed by atoms with Gasteiger partial charge >= 0.3 is 0 Å². The van der Waals surface area contributed by atoms with Crippen LogP contribution in [0.2, 0.25) is 0 Å². The molecule has 1 saturated heterocycles. The van der Waals surface area contributed by atoms with Gasteiger partial charge in [-0.2, -0.15) is 0 Å². The zero-order valence-corrected chi connectivity index (χ0v) is 7.83. The van der Waals surface area contributed by atoms with E-state index in [1.807, 2.05) is 0 Å². The van der Waals surface area contributed by atoms with Crippen LogP contribution in [0.5, 0.6) is 5.75 Å². The highest BCUT2D eigenvalue weighted by atomic mass is 16.3. The number of phenolic OH excluding ortho intramolecular Hbond substituents is 1. The smallest absolute Gasteiger partial charge is 0.117 e. The van der Waals surface area contributed by atoms with E-state index in [1.54, 1.807) is 12.1 Å². The van der Waals surface area contributed by atoms with Crippen molar-refractivity contribution >= 4 is 5.69 Å². The van der Waals surface area contributed by atoms with Crippen LogP contribution >= 0.6 is 0 Å². The van der Waals surface area contributed by atoms with Gasteiger partial charge in [-0.05, 0) is 19.0 Å². The second-order valence-electron chi connectivity index (χ2n) is 3.73. The highest BCUT2D eigenvalue weighted by Crippen LogP contribution is 2.33. The summed E-state index contributed by atoms with van der Waals surface area (Å²) in [5, 5.41) is 22.5. The summed E-state index contributed by atoms with van der Waals surface area (Å²) in [5.41, 5.74) is 6.00. The fraction of sp³-hybridized carbons (Fsp3) is 0.400. The first-order valence-corrected chi connectivity index (χ1v) is 4.64. The third-order valence-electron chi connectivity index (χ3n) is 2.67. The number of β-amino-alcohol motifs (C(OH)–C–C–N with tert-alkyl or cyclic N) is 1. The molecule has 0 aliphatic carbocycles. The largest absolute Gasteiger partial charge is 0.508 e. The highest BCUT2D eigenvalue weighted by Gasteiger charge is 2.34. The van der Waals surface area contributed by atoms with Crippen molar-refractivity contribution in [2.75, 3.05) is 18.8 Å². The lowest BCUT2D eigenvalue weighted by atomic mass is 9.91. The van der Waals surface area contributed by atoms with Crippen molar-refractivity contribution in [2.45, 2.75) is 12.0 Å². The minimum Gasteiger partial charge on any atom is -0.508 e. The molecule has 0 bridgehead atoms. The number of benzene rings is 1. The van der Waals surface area contributed by atoms with Crippen molar-refractivity contribution in [3.63, 3.8) is 0 Å². The lowest BCUT2D eigenvalue weighted by molar-refractivity contribution is 0.0595. The average Bonchev–Trinajstić information content (AvgIpc) is 2.52. The number of aliphatic hydroxyl groups is 1. The van der Waals surface area contributed by atoms with E-state index in [4.69, 9.17) is 5.73 Å². The van der Waals surface area contributed by atoms with E-state index < -0.39 is 5.60 Å². The topological polar surface area (TPSA) is 78.5 Å². The SMILES string of the molecule is Nc1cc(O)ccc1C1(O)CCNC1. The molecule has 1 aliphatic rings. The van der Waals surface area contributed by atoms with Gasteiger partial charge in [0.25, 0.3) is 0 Å². The molecule has 4 heteroatoms. The molecule has 1 heterocycles. The summed E-state index contributed by atoms with van der Waals surface area (Å²) in [4.78, 5) is 0. The molecule has 0 saturated carbocycles. The summed E-state index contributed by atoms with van der Waals surface area (Å²) in [6.45, 7) is 1.30. The lowest BCUT2D eigenvalue weighted by Crippen LogP contribution is -2.29. The Hall–Kier alpha value is -1.26. The predicted molar refractivity (Wildman–Crippen MR) is 53.9 cm³/mol. The van der Waals surface area contributed by atoms with Crippen LogP contribution in [0.1, 0.15) is 12.0 Å². The summed E-state index contributed by atoms with van der Waals surface area (Å²) in [6.07, 6.45) is 0.655. The number of aromatic hydroxyl groups is 1. The normalized spacial score (nSPS) is 26.6. The van der Waals surface area contributed by atoms with Gasteiger partial charge in [-0.1, -0.05) is 6.07 Å². The Balaban J connectivity index is 2.40. The maximum absolute atomic E-state index is 10.2. The summed E-state index contributed by atoms with van der Waals surface area (Å²) in [5.74, 6) is 0.126. The van der Waals surface area contributed by atoms with E-state index in [2.05, 4.69) is 5.32 Å². The van der Waals surface area contributed by atoms with E-state index in [1.165, 1.54) is 6.07 Å². The van der Waals surface area contributed by atoms with Crippen molar-refractivity contribution in [3.05, 3.63) is 23.8 Å². The van der Waals surface area contributed by atoms with Gasteiger partial charge in [0.15, 0.2) is 0 Å². The van der Waals surface area contributed by atoms with Crippen molar-refractivity contribution in [2.24, 2.45) is 0 Å². The monoisotopic (exact) mass is 194 g/mol. The van der Waals surface area contributed by atoms with Crippen LogP contribution < -0.4 is 11.1 Å². The fourth-order valence-corrected chi connectivity index (χ4v) is 1.88. The molecule has 2 rings (SSSR count). The average molecular weight is 194 g/mol. The molecular formula is C10H14N2O2. The maximum Gasteiger partial charge on any atom is 0.117 e. The van der Waals surface area contributed by atoms with Crippen LogP contribution in [0.15, 0.2) is 18.2 Å². The Bertz CT molecular complexity index is 346. The Labute approximate surface area is 82.4 Å². The number of anilines is 1. The highest BCUT2D eigenvalue weighted by molar-refractivity contribution is 5.54. The van der Waals surface area contributed by atoms with Gasteiger partial charge in [-0.15, -0.1) is 0 Å². The van der Waals surface area contributed by atoms with E-state index in [0.29, 0.717) is 24.2 Å². The first-order chi connectivity index (χ1) is 6.62. The van der Waals surface area contributed by atoms with Crippen LogP contribution in [0.25, 0.3) is 0 Å². The molecule has 0 spiro atoms. The third kappa shape index (κ3) is 1.42. The van der Waals surface area contributed by atoms with Gasteiger partial charge < -0.3 is 21.3 Å². The fourth-order valence-electron chi connectivity index (χ4n) is 1.88. The van der Waals surface area contributed by atoms with Gasteiger partial charge in [0, 0.05) is 23.9 Å². The van der Waals surface area contributed by atoms with Gasteiger partial charge in [0.05, 0.1) is 0 Å². The number of phenols is 1. The molecule has 1 aliphatic heterocycles. The van der Waals surface area contributed by atoms with Crippen LogP contribution in [0, 0.1) is 0 Å². The first kappa shape index (κ1) is 9.30. The lowest BCUT2D eigenvalue weighted by Gasteiger charge is -2.23. The minimum atomic E-state index is -0.877. The number of nitrogens with one attached hydrogen (secondary N) is 1. The van der Waals surface area contributed by atoms with E-state index in [9.17, 15) is 10.2 Å². The Morgan fingerprint density at radius 2 is 2.21 bits per heavy atom. The molecule has 1 fully saturated rings. The number of nitrogens with two attached hydrogens (primary N) is 1. The molecule has 0 aromatic heterocycles. The molecule has 4 nitrogen and oxygen atoms in total. The van der Waals surface area contributed by atoms with Crippen molar-refractivity contribution in [1.29, 1.82) is 0 Å². The molecule has 1 atom stereocenters. The zero-order valence-electron chi connectivity index (χ0n) is 7.83. The molecule has 1 aromatic rings. The van der Waals surface area contributed by atoms with E-state index >= 15 is 0 Å². The van der Waals surface area contributed by atoms with Gasteiger partial charge in [-0.25, -0.2) is 0 Å². The Morgan fingerprint density at radius 1 is 1.43 bits per heavy atom. The Morgan fingerprint density at radius 3 is 2.79 bits per heavy atom. The summed E-state index contributed by atoms with van der Waals surface area (Å²) in [7, 11) is 0. The second kappa shape index (κ2) is 3.15. The van der Waals surface area contributed by atoms with Crippen molar-refractivity contribution in [3.8, 4) is 5.75 Å². The van der Waals surface area contributed by atoms with Gasteiger partial charge in [0.1, 0.15) is 11.4 Å². The number of hydrogen-bond donors (Lipinski definition) is 4. The zero-order chi connectivity index (χ0) is 10.2. The maximum atomic E-state index is 10.2. The predicted octanol–water partition coefficient (Wildman–Crippen LogP) is 0.155. The van der Waals surface area contributed by atoms with Crippen LogP contribution in [-0.2, 0) is 5.60 Å². The van der Waals surface area contributed by atoms with E-state index in [-0.39, 0.29) is 5.75 Å². The summed E-state index contributed by atoms with van der Waals surface area (Å²) >= 11 is 0. The molecular weight excluding hydrogens is 180 g/mol. The molecule has 5 N–H and O–H groups in total. The number of rotatable bonds is 1. The summed E-state index contributed by atoms with van der Waals surface area (Å²) < 4.78 is 0. The molecule has 76 valence electrons. The Kier molecular flexibility index (Phi) is 2.09. The molecule has 14 heavy (non-hydrogen) atoms. The molecule has 0 amide bonds. The number of hydrogen-bond acceptors (Lipinski definition) is 4. The number of nitrogen functional groups attached to an aromatic ring is 1. The molecule has 1 unspecified atom stereocenters. The summed E-state index contributed by atoms with van der Waals surface area (Å²) in [6, 6.07) is 4.69. The van der Waals surface area contributed by atoms with Crippen molar-refractivity contribution < 1.29 is 10.2 Å². The van der Waals surface area contributed by atoms with Crippen LogP contribution in [0.3, 0.4) is 0 Å². The van der Waals surface area contributed by atoms with Crippen LogP contribution in [-0.4, -0.2) is 23.3 Å². The molecule has 0 radical (unpaired) electrons. The van der Waals surface area contributed by atoms with Crippen molar-refractivity contribution in [1.82, 2.24) is 5.32 Å². The van der Waals surface area contributed by atoms with E-state index in [0.717, 1.165) is 6.54 Å². The third-order valence-corrected chi connectivity index (χ3v) is 2.67. The van der Waals surface area contributed by atoms with Gasteiger partial charge in [0.2, 0.25) is 0 Å². The van der Waals surface area contributed by atoms with Crippen LogP contribution in [0.4, 0.5) is 5.69 Å². The van der Waals surface area contributed by atoms with Gasteiger partial charge in [-0.3, -0.25) is 0 Å².